The first-order chi connectivity index (χ1) is 14.8. The Bertz CT molecular complexity index is 932. The number of likely N-dealkylation sites (N-methyl/N-ethyl adjacent to an activating group) is 1. The largest absolute Gasteiger partial charge is 0.497 e. The second kappa shape index (κ2) is 11.3. The zero-order chi connectivity index (χ0) is 23.0. The Labute approximate surface area is 183 Å². The number of rotatable bonds is 11. The number of anilines is 2. The van der Waals surface area contributed by atoms with Crippen LogP contribution in [-0.4, -0.2) is 48.5 Å². The third-order valence-corrected chi connectivity index (χ3v) is 4.96. The van der Waals surface area contributed by atoms with Gasteiger partial charge in [-0.3, -0.25) is 9.59 Å². The Morgan fingerprint density at radius 1 is 1.13 bits per heavy atom. The van der Waals surface area contributed by atoms with Gasteiger partial charge in [-0.15, -0.1) is 0 Å². The fourth-order valence-electron chi connectivity index (χ4n) is 3.08. The molecule has 0 fully saturated rings. The van der Waals surface area contributed by atoms with Crippen molar-refractivity contribution in [1.82, 2.24) is 20.6 Å². The highest BCUT2D eigenvalue weighted by molar-refractivity contribution is 5.96. The minimum atomic E-state index is -0.642. The van der Waals surface area contributed by atoms with Crippen molar-refractivity contribution in [1.29, 1.82) is 0 Å². The number of carbonyl (C=O) groups is 2. The van der Waals surface area contributed by atoms with Crippen LogP contribution < -0.4 is 26.4 Å². The van der Waals surface area contributed by atoms with E-state index < -0.39 is 5.91 Å². The fourth-order valence-corrected chi connectivity index (χ4v) is 3.08. The van der Waals surface area contributed by atoms with Gasteiger partial charge in [0.1, 0.15) is 5.75 Å². The molecule has 1 heterocycles. The van der Waals surface area contributed by atoms with Crippen LogP contribution in [-0.2, 0) is 24.1 Å². The van der Waals surface area contributed by atoms with Crippen LogP contribution in [0.5, 0.6) is 5.75 Å². The number of aromatic nitrogens is 2. The minimum Gasteiger partial charge on any atom is -0.497 e. The number of nitrogens with two attached hydrogens (primary N) is 1. The molecular weight excluding hydrogens is 396 g/mol. The number of ether oxygens (including phenoxy) is 1. The summed E-state index contributed by atoms with van der Waals surface area (Å²) in [5.74, 6) is 0.256. The Morgan fingerprint density at radius 3 is 2.39 bits per heavy atom. The van der Waals surface area contributed by atoms with Gasteiger partial charge in [0.25, 0.3) is 5.91 Å². The van der Waals surface area contributed by atoms with Gasteiger partial charge in [0, 0.05) is 18.3 Å². The number of aryl methyl sites for hydroxylation is 2. The Morgan fingerprint density at radius 2 is 1.81 bits per heavy atom. The number of carbonyl (C=O) groups excluding carboxylic acids is 2. The molecule has 0 saturated heterocycles. The topological polar surface area (TPSA) is 131 Å². The SMILES string of the molecule is CCc1nc(Nc2cc(CCNC(=O)C(C)NC)cc(OC)c2)c(C(N)=O)nc1CC. The second-order valence-corrected chi connectivity index (χ2v) is 7.13. The zero-order valence-electron chi connectivity index (χ0n) is 18.8. The van der Waals surface area contributed by atoms with Crippen molar-refractivity contribution in [2.45, 2.75) is 46.1 Å². The van der Waals surface area contributed by atoms with Crippen molar-refractivity contribution in [2.24, 2.45) is 5.73 Å². The maximum absolute atomic E-state index is 12.0. The molecule has 0 saturated carbocycles. The standard InChI is InChI=1S/C22H32N6O3/c1-6-17-18(7-2)28-21(19(27-17)20(23)29)26-15-10-14(11-16(12-15)31-5)8-9-25-22(30)13(3)24-4/h10-13,24H,6-9H2,1-5H3,(H2,23,29)(H,25,30)(H,26,28). The third-order valence-electron chi connectivity index (χ3n) is 4.96. The van der Waals surface area contributed by atoms with Gasteiger partial charge in [-0.25, -0.2) is 9.97 Å². The van der Waals surface area contributed by atoms with Gasteiger partial charge in [-0.2, -0.15) is 0 Å². The van der Waals surface area contributed by atoms with Crippen molar-refractivity contribution < 1.29 is 14.3 Å². The second-order valence-electron chi connectivity index (χ2n) is 7.13. The molecular formula is C22H32N6O3. The van der Waals surface area contributed by atoms with Gasteiger partial charge < -0.3 is 26.4 Å². The molecule has 0 aliphatic heterocycles. The van der Waals surface area contributed by atoms with E-state index in [1.165, 1.54) is 0 Å². The number of hydrogen-bond donors (Lipinski definition) is 4. The number of hydrogen-bond acceptors (Lipinski definition) is 7. The average molecular weight is 429 g/mol. The van der Waals surface area contributed by atoms with Gasteiger partial charge in [-0.05, 0) is 50.9 Å². The van der Waals surface area contributed by atoms with Crippen LogP contribution in [0.25, 0.3) is 0 Å². The number of nitrogens with one attached hydrogen (secondary N) is 3. The van der Waals surface area contributed by atoms with Crippen molar-refractivity contribution in [3.05, 3.63) is 40.8 Å². The van der Waals surface area contributed by atoms with Crippen LogP contribution in [0, 0.1) is 0 Å². The van der Waals surface area contributed by atoms with E-state index in [0.717, 1.165) is 17.0 Å². The van der Waals surface area contributed by atoms with Crippen LogP contribution in [0.1, 0.15) is 48.2 Å². The number of methoxy groups -OCH3 is 1. The van der Waals surface area contributed by atoms with E-state index in [1.807, 2.05) is 26.0 Å². The quantitative estimate of drug-likeness (QED) is 0.428. The fraction of sp³-hybridized carbons (Fsp3) is 0.455. The first-order valence-corrected chi connectivity index (χ1v) is 10.4. The molecule has 1 aromatic heterocycles. The highest BCUT2D eigenvalue weighted by Crippen LogP contribution is 2.25. The van der Waals surface area contributed by atoms with E-state index in [-0.39, 0.29) is 17.6 Å². The lowest BCUT2D eigenvalue weighted by Gasteiger charge is -2.15. The van der Waals surface area contributed by atoms with Gasteiger partial charge in [0.2, 0.25) is 5.91 Å². The molecule has 2 aromatic rings. The summed E-state index contributed by atoms with van der Waals surface area (Å²) < 4.78 is 5.41. The molecule has 0 bridgehead atoms. The predicted octanol–water partition coefficient (Wildman–Crippen LogP) is 1.72. The predicted molar refractivity (Wildman–Crippen MR) is 121 cm³/mol. The van der Waals surface area contributed by atoms with Crippen LogP contribution in [0.15, 0.2) is 18.2 Å². The molecule has 0 aliphatic rings. The summed E-state index contributed by atoms with van der Waals surface area (Å²) in [6.07, 6.45) is 1.97. The molecule has 1 atom stereocenters. The molecule has 0 spiro atoms. The molecule has 0 radical (unpaired) electrons. The first-order valence-electron chi connectivity index (χ1n) is 10.4. The summed E-state index contributed by atoms with van der Waals surface area (Å²) >= 11 is 0. The van der Waals surface area contributed by atoms with Gasteiger partial charge in [-0.1, -0.05) is 13.8 Å². The molecule has 2 rings (SSSR count). The first kappa shape index (κ1) is 24.1. The number of amides is 2. The third kappa shape index (κ3) is 6.39. The molecule has 9 nitrogen and oxygen atoms in total. The molecule has 1 unspecified atom stereocenters. The summed E-state index contributed by atoms with van der Waals surface area (Å²) in [6, 6.07) is 5.36. The highest BCUT2D eigenvalue weighted by Gasteiger charge is 2.17. The highest BCUT2D eigenvalue weighted by atomic mass is 16.5. The average Bonchev–Trinajstić information content (AvgIpc) is 2.77. The van der Waals surface area contributed by atoms with E-state index in [9.17, 15) is 9.59 Å². The van der Waals surface area contributed by atoms with Gasteiger partial charge in [0.05, 0.1) is 24.5 Å². The smallest absolute Gasteiger partial charge is 0.271 e. The molecule has 5 N–H and O–H groups in total. The summed E-state index contributed by atoms with van der Waals surface area (Å²) in [5.41, 5.74) is 8.87. The van der Waals surface area contributed by atoms with Crippen molar-refractivity contribution in [3.63, 3.8) is 0 Å². The van der Waals surface area contributed by atoms with Crippen molar-refractivity contribution >= 4 is 23.3 Å². The molecule has 31 heavy (non-hydrogen) atoms. The molecule has 2 amide bonds. The maximum atomic E-state index is 12.0. The van der Waals surface area contributed by atoms with Gasteiger partial charge >= 0.3 is 0 Å². The Hall–Kier alpha value is -3.20. The lowest BCUT2D eigenvalue weighted by molar-refractivity contribution is -0.122. The number of nitrogens with zero attached hydrogens (tertiary/aromatic N) is 2. The summed E-state index contributed by atoms with van der Waals surface area (Å²) in [5, 5.41) is 8.97. The lowest BCUT2D eigenvalue weighted by atomic mass is 10.1. The maximum Gasteiger partial charge on any atom is 0.271 e. The molecule has 9 heteroatoms. The van der Waals surface area contributed by atoms with Crippen LogP contribution in [0.4, 0.5) is 11.5 Å². The normalized spacial score (nSPS) is 11.6. The van der Waals surface area contributed by atoms with E-state index in [0.29, 0.717) is 43.1 Å². The summed E-state index contributed by atoms with van der Waals surface area (Å²) in [6.45, 7) is 6.23. The Balaban J connectivity index is 2.28. The number of primary amides is 1. The van der Waals surface area contributed by atoms with Crippen LogP contribution in [0.3, 0.4) is 0 Å². The zero-order valence-corrected chi connectivity index (χ0v) is 18.8. The van der Waals surface area contributed by atoms with E-state index >= 15 is 0 Å². The van der Waals surface area contributed by atoms with Crippen LogP contribution in [0.2, 0.25) is 0 Å². The monoisotopic (exact) mass is 428 g/mol. The van der Waals surface area contributed by atoms with Gasteiger partial charge in [0.15, 0.2) is 11.5 Å². The van der Waals surface area contributed by atoms with E-state index in [2.05, 4.69) is 25.9 Å². The minimum absolute atomic E-state index is 0.0618. The van der Waals surface area contributed by atoms with Crippen molar-refractivity contribution in [2.75, 3.05) is 26.0 Å². The lowest BCUT2D eigenvalue weighted by Crippen LogP contribution is -2.41. The molecule has 1 aromatic carbocycles. The number of benzene rings is 1. The van der Waals surface area contributed by atoms with Crippen LogP contribution >= 0.6 is 0 Å². The Kier molecular flexibility index (Phi) is 8.75. The summed E-state index contributed by atoms with van der Waals surface area (Å²) in [4.78, 5) is 32.9. The summed E-state index contributed by atoms with van der Waals surface area (Å²) in [7, 11) is 3.32. The van der Waals surface area contributed by atoms with E-state index in [4.69, 9.17) is 10.5 Å². The van der Waals surface area contributed by atoms with E-state index in [1.54, 1.807) is 27.1 Å². The van der Waals surface area contributed by atoms with Crippen molar-refractivity contribution in [3.8, 4) is 5.75 Å². The molecule has 168 valence electrons. The molecule has 0 aliphatic carbocycles.